The Hall–Kier alpha value is -3.53. The smallest absolute Gasteiger partial charge is 0.212 e. The lowest BCUT2D eigenvalue weighted by atomic mass is 10.2. The van der Waals surface area contributed by atoms with E-state index in [1.54, 1.807) is 0 Å². The highest BCUT2D eigenvalue weighted by Crippen LogP contribution is 2.28. The van der Waals surface area contributed by atoms with Crippen LogP contribution >= 0.6 is 0 Å². The Morgan fingerprint density at radius 1 is 0.760 bits per heavy atom. The first-order valence-corrected chi connectivity index (χ1v) is 8.13. The minimum absolute atomic E-state index is 0.686. The average Bonchev–Trinajstić information content (AvgIpc) is 3.09. The molecule has 0 bridgehead atoms. The first kappa shape index (κ1) is 15.0. The van der Waals surface area contributed by atoms with E-state index in [9.17, 15) is 0 Å². The summed E-state index contributed by atoms with van der Waals surface area (Å²) in [6.07, 6.45) is 2.03. The molecule has 1 heterocycles. The van der Waals surface area contributed by atoms with Crippen LogP contribution in [-0.4, -0.2) is 9.55 Å². The second-order valence-electron chi connectivity index (χ2n) is 5.73. The highest BCUT2D eigenvalue weighted by molar-refractivity contribution is 5.72. The number of nitrogen functional groups attached to an aromatic ring is 1. The highest BCUT2D eigenvalue weighted by atomic mass is 15.2. The van der Waals surface area contributed by atoms with Crippen LogP contribution in [-0.2, 0) is 0 Å². The Kier molecular flexibility index (Phi) is 3.92. The van der Waals surface area contributed by atoms with Crippen molar-refractivity contribution in [1.82, 2.24) is 9.55 Å². The lowest BCUT2D eigenvalue weighted by Crippen LogP contribution is -2.02. The number of aromatic nitrogens is 2. The molecule has 0 spiro atoms. The number of hydrogen-bond donors (Lipinski definition) is 2. The van der Waals surface area contributed by atoms with Gasteiger partial charge in [0, 0.05) is 17.4 Å². The van der Waals surface area contributed by atoms with Crippen LogP contribution in [0.3, 0.4) is 0 Å². The fourth-order valence-electron chi connectivity index (χ4n) is 2.73. The van der Waals surface area contributed by atoms with Gasteiger partial charge in [0.15, 0.2) is 0 Å². The zero-order valence-electron chi connectivity index (χ0n) is 13.6. The normalized spacial score (nSPS) is 10.6. The van der Waals surface area contributed by atoms with E-state index >= 15 is 0 Å². The molecule has 0 radical (unpaired) electrons. The molecule has 0 saturated heterocycles. The van der Waals surface area contributed by atoms with E-state index in [0.29, 0.717) is 5.69 Å². The van der Waals surface area contributed by atoms with Crippen LogP contribution < -0.4 is 11.1 Å². The van der Waals surface area contributed by atoms with Crippen molar-refractivity contribution in [3.63, 3.8) is 0 Å². The summed E-state index contributed by atoms with van der Waals surface area (Å²) in [5.41, 5.74) is 10.6. The number of nitrogens with one attached hydrogen (secondary N) is 1. The van der Waals surface area contributed by atoms with E-state index in [1.165, 1.54) is 0 Å². The molecule has 4 heteroatoms. The van der Waals surface area contributed by atoms with Gasteiger partial charge < -0.3 is 11.1 Å². The number of imidazole rings is 1. The molecule has 4 nitrogen and oxygen atoms in total. The van der Waals surface area contributed by atoms with Crippen molar-refractivity contribution in [1.29, 1.82) is 0 Å². The molecule has 3 aromatic carbocycles. The number of nitrogens with two attached hydrogens (primary N) is 1. The molecule has 0 aliphatic rings. The number of para-hydroxylation sites is 3. The molecule has 0 aliphatic heterocycles. The van der Waals surface area contributed by atoms with Crippen LogP contribution in [0.1, 0.15) is 0 Å². The molecule has 0 saturated carbocycles. The fourth-order valence-corrected chi connectivity index (χ4v) is 2.73. The summed E-state index contributed by atoms with van der Waals surface area (Å²) >= 11 is 0. The highest BCUT2D eigenvalue weighted by Gasteiger charge is 2.12. The molecule has 25 heavy (non-hydrogen) atoms. The van der Waals surface area contributed by atoms with Gasteiger partial charge in [-0.3, -0.25) is 4.57 Å². The molecule has 0 atom stereocenters. The molecule has 4 rings (SSSR count). The van der Waals surface area contributed by atoms with E-state index in [0.717, 1.165) is 28.6 Å². The molecule has 0 fully saturated rings. The third kappa shape index (κ3) is 3.10. The van der Waals surface area contributed by atoms with Gasteiger partial charge in [0.1, 0.15) is 0 Å². The maximum absolute atomic E-state index is 6.08. The molecule has 0 unspecified atom stereocenters. The fraction of sp³-hybridized carbons (Fsp3) is 0. The summed E-state index contributed by atoms with van der Waals surface area (Å²) in [5, 5.41) is 3.36. The molecule has 122 valence electrons. The minimum Gasteiger partial charge on any atom is -0.397 e. The first-order chi connectivity index (χ1) is 12.3. The van der Waals surface area contributed by atoms with Gasteiger partial charge in [-0.05, 0) is 24.3 Å². The third-order valence-corrected chi connectivity index (χ3v) is 4.02. The van der Waals surface area contributed by atoms with Crippen molar-refractivity contribution in [3.05, 3.63) is 91.1 Å². The van der Waals surface area contributed by atoms with E-state index in [-0.39, 0.29) is 0 Å². The molecular formula is C21H18N4. The number of hydrogen-bond acceptors (Lipinski definition) is 3. The Bertz CT molecular complexity index is 975. The van der Waals surface area contributed by atoms with E-state index in [4.69, 9.17) is 10.7 Å². The lowest BCUT2D eigenvalue weighted by molar-refractivity contribution is 1.06. The van der Waals surface area contributed by atoms with Crippen molar-refractivity contribution in [2.24, 2.45) is 0 Å². The SMILES string of the molecule is Nc1ccccc1Nc1nc(-c2ccccc2)cn1-c1ccccc1. The third-order valence-electron chi connectivity index (χ3n) is 4.02. The molecule has 1 aromatic heterocycles. The molecule has 4 aromatic rings. The average molecular weight is 326 g/mol. The summed E-state index contributed by atoms with van der Waals surface area (Å²) in [5.74, 6) is 0.725. The second-order valence-corrected chi connectivity index (χ2v) is 5.73. The van der Waals surface area contributed by atoms with Crippen LogP contribution in [0.2, 0.25) is 0 Å². The second kappa shape index (κ2) is 6.53. The van der Waals surface area contributed by atoms with E-state index in [2.05, 4.69) is 29.6 Å². The van der Waals surface area contributed by atoms with E-state index in [1.807, 2.05) is 71.4 Å². The van der Waals surface area contributed by atoms with Crippen molar-refractivity contribution in [2.75, 3.05) is 11.1 Å². The van der Waals surface area contributed by atoms with Crippen LogP contribution in [0.4, 0.5) is 17.3 Å². The zero-order chi connectivity index (χ0) is 17.1. The van der Waals surface area contributed by atoms with E-state index < -0.39 is 0 Å². The summed E-state index contributed by atoms with van der Waals surface area (Å²) in [7, 11) is 0. The maximum atomic E-state index is 6.08. The predicted octanol–water partition coefficient (Wildman–Crippen LogP) is 4.87. The number of anilines is 3. The molecule has 0 aliphatic carbocycles. The Morgan fingerprint density at radius 3 is 2.12 bits per heavy atom. The molecular weight excluding hydrogens is 308 g/mol. The minimum atomic E-state index is 0.686. The quantitative estimate of drug-likeness (QED) is 0.526. The van der Waals surface area contributed by atoms with Gasteiger partial charge in [-0.1, -0.05) is 60.7 Å². The van der Waals surface area contributed by atoms with Crippen LogP contribution in [0.15, 0.2) is 91.1 Å². The van der Waals surface area contributed by atoms with Crippen molar-refractivity contribution in [3.8, 4) is 16.9 Å². The standard InChI is InChI=1S/C21H18N4/c22-18-13-7-8-14-19(18)23-21-24-20(16-9-3-1-4-10-16)15-25(21)17-11-5-2-6-12-17/h1-15H,22H2,(H,23,24). The molecule has 3 N–H and O–H groups in total. The van der Waals surface area contributed by atoms with Gasteiger partial charge in [0.25, 0.3) is 0 Å². The zero-order valence-corrected chi connectivity index (χ0v) is 13.6. The first-order valence-electron chi connectivity index (χ1n) is 8.13. The Morgan fingerprint density at radius 2 is 1.40 bits per heavy atom. The van der Waals surface area contributed by atoms with Crippen LogP contribution in [0.5, 0.6) is 0 Å². The van der Waals surface area contributed by atoms with Crippen molar-refractivity contribution < 1.29 is 0 Å². The van der Waals surface area contributed by atoms with Crippen LogP contribution in [0.25, 0.3) is 16.9 Å². The van der Waals surface area contributed by atoms with Gasteiger partial charge in [-0.25, -0.2) is 4.98 Å². The van der Waals surface area contributed by atoms with Gasteiger partial charge in [0.2, 0.25) is 5.95 Å². The number of nitrogens with zero attached hydrogens (tertiary/aromatic N) is 2. The summed E-state index contributed by atoms with van der Waals surface area (Å²) in [6, 6.07) is 27.9. The van der Waals surface area contributed by atoms with Crippen molar-refractivity contribution >= 4 is 17.3 Å². The summed E-state index contributed by atoms with van der Waals surface area (Å²) in [6.45, 7) is 0. The Balaban J connectivity index is 1.81. The van der Waals surface area contributed by atoms with Gasteiger partial charge in [0.05, 0.1) is 17.1 Å². The predicted molar refractivity (Wildman–Crippen MR) is 103 cm³/mol. The van der Waals surface area contributed by atoms with Gasteiger partial charge in [-0.2, -0.15) is 0 Å². The maximum Gasteiger partial charge on any atom is 0.212 e. The molecule has 0 amide bonds. The summed E-state index contributed by atoms with van der Waals surface area (Å²) < 4.78 is 2.04. The summed E-state index contributed by atoms with van der Waals surface area (Å²) in [4.78, 5) is 4.79. The Labute approximate surface area is 146 Å². The number of benzene rings is 3. The van der Waals surface area contributed by atoms with Crippen molar-refractivity contribution in [2.45, 2.75) is 0 Å². The lowest BCUT2D eigenvalue weighted by Gasteiger charge is -2.11. The monoisotopic (exact) mass is 326 g/mol. The number of rotatable bonds is 4. The largest absolute Gasteiger partial charge is 0.397 e. The van der Waals surface area contributed by atoms with Gasteiger partial charge >= 0.3 is 0 Å². The van der Waals surface area contributed by atoms with Crippen LogP contribution in [0, 0.1) is 0 Å². The topological polar surface area (TPSA) is 55.9 Å². The van der Waals surface area contributed by atoms with Gasteiger partial charge in [-0.15, -0.1) is 0 Å².